The smallest absolute Gasteiger partial charge is 0.193 e. The summed E-state index contributed by atoms with van der Waals surface area (Å²) < 4.78 is 0. The van der Waals surface area contributed by atoms with Gasteiger partial charge in [-0.1, -0.05) is 47.5 Å². The molecule has 1 aliphatic rings. The van der Waals surface area contributed by atoms with Crippen LogP contribution in [0.2, 0.25) is 10.0 Å². The van der Waals surface area contributed by atoms with Crippen molar-refractivity contribution in [2.45, 2.75) is 6.42 Å². The molecule has 0 amide bonds. The van der Waals surface area contributed by atoms with Crippen LogP contribution in [0.3, 0.4) is 0 Å². The van der Waals surface area contributed by atoms with Gasteiger partial charge in [0.2, 0.25) is 0 Å². The molecule has 3 nitrogen and oxygen atoms in total. The van der Waals surface area contributed by atoms with E-state index in [9.17, 15) is 4.79 Å². The van der Waals surface area contributed by atoms with Gasteiger partial charge in [0.05, 0.1) is 10.0 Å². The van der Waals surface area contributed by atoms with Crippen LogP contribution < -0.4 is 5.32 Å². The summed E-state index contributed by atoms with van der Waals surface area (Å²) in [5.41, 5.74) is 1.94. The van der Waals surface area contributed by atoms with Crippen molar-refractivity contribution in [2.24, 2.45) is 4.99 Å². The van der Waals surface area contributed by atoms with Gasteiger partial charge in [-0.3, -0.25) is 9.79 Å². The Labute approximate surface area is 139 Å². The lowest BCUT2D eigenvalue weighted by molar-refractivity contribution is 0.103. The molecule has 0 aliphatic carbocycles. The zero-order valence-electron chi connectivity index (χ0n) is 11.8. The maximum Gasteiger partial charge on any atom is 0.193 e. The van der Waals surface area contributed by atoms with Crippen LogP contribution in [0.5, 0.6) is 0 Å². The topological polar surface area (TPSA) is 41.5 Å². The zero-order chi connectivity index (χ0) is 15.5. The van der Waals surface area contributed by atoms with Gasteiger partial charge in [0.1, 0.15) is 5.84 Å². The van der Waals surface area contributed by atoms with Crippen molar-refractivity contribution in [3.63, 3.8) is 0 Å². The molecule has 1 N–H and O–H groups in total. The third-order valence-electron chi connectivity index (χ3n) is 3.51. The molecule has 0 saturated carbocycles. The Hall–Kier alpha value is -1.84. The Kier molecular flexibility index (Phi) is 4.46. The van der Waals surface area contributed by atoms with E-state index in [0.717, 1.165) is 30.9 Å². The fourth-order valence-electron chi connectivity index (χ4n) is 2.39. The Morgan fingerprint density at radius 1 is 1.09 bits per heavy atom. The van der Waals surface area contributed by atoms with E-state index in [4.69, 9.17) is 23.2 Å². The van der Waals surface area contributed by atoms with Crippen molar-refractivity contribution in [2.75, 3.05) is 13.1 Å². The van der Waals surface area contributed by atoms with Crippen LogP contribution in [0.1, 0.15) is 27.9 Å². The molecule has 0 aromatic heterocycles. The molecule has 2 aromatic rings. The molecular formula is C17H14Cl2N2O. The van der Waals surface area contributed by atoms with Crippen LogP contribution >= 0.6 is 23.2 Å². The predicted octanol–water partition coefficient (Wildman–Crippen LogP) is 3.96. The van der Waals surface area contributed by atoms with Gasteiger partial charge >= 0.3 is 0 Å². The first-order chi connectivity index (χ1) is 10.7. The fraction of sp³-hybridized carbons (Fsp3) is 0.176. The molecule has 5 heteroatoms. The van der Waals surface area contributed by atoms with Crippen molar-refractivity contribution >= 4 is 34.8 Å². The number of nitrogens with one attached hydrogen (secondary N) is 1. The minimum Gasteiger partial charge on any atom is -0.370 e. The van der Waals surface area contributed by atoms with E-state index in [1.54, 1.807) is 24.3 Å². The molecule has 0 radical (unpaired) electrons. The number of benzene rings is 2. The number of amidine groups is 1. The standard InChI is InChI=1S/C17H14Cl2N2O/c18-14-7-6-11(10-15(14)19)16(22)12-4-1-2-5-13(12)17-20-8-3-9-21-17/h1-2,4-7,10H,3,8-9H2,(H,20,21). The molecule has 22 heavy (non-hydrogen) atoms. The van der Waals surface area contributed by atoms with E-state index in [0.29, 0.717) is 21.2 Å². The number of ketones is 1. The molecule has 0 saturated heterocycles. The van der Waals surface area contributed by atoms with Gasteiger partial charge in [-0.2, -0.15) is 0 Å². The van der Waals surface area contributed by atoms with E-state index in [2.05, 4.69) is 10.3 Å². The summed E-state index contributed by atoms with van der Waals surface area (Å²) in [7, 11) is 0. The molecule has 1 aliphatic heterocycles. The number of aliphatic imine (C=N–C) groups is 1. The van der Waals surface area contributed by atoms with Gasteiger partial charge < -0.3 is 5.32 Å². The lowest BCUT2D eigenvalue weighted by atomic mass is 9.97. The van der Waals surface area contributed by atoms with Gasteiger partial charge in [-0.05, 0) is 24.6 Å². The van der Waals surface area contributed by atoms with Crippen LogP contribution in [-0.4, -0.2) is 24.7 Å². The zero-order valence-corrected chi connectivity index (χ0v) is 13.3. The number of hydrogen-bond donors (Lipinski definition) is 1. The molecule has 0 unspecified atom stereocenters. The second kappa shape index (κ2) is 6.51. The maximum absolute atomic E-state index is 12.8. The molecule has 3 rings (SSSR count). The lowest BCUT2D eigenvalue weighted by Crippen LogP contribution is -2.31. The molecular weight excluding hydrogens is 319 g/mol. The minimum atomic E-state index is -0.0933. The normalized spacial score (nSPS) is 14.2. The molecule has 1 heterocycles. The molecule has 2 aromatic carbocycles. The lowest BCUT2D eigenvalue weighted by Gasteiger charge is -2.17. The second-order valence-electron chi connectivity index (χ2n) is 5.01. The summed E-state index contributed by atoms with van der Waals surface area (Å²) in [5.74, 6) is 0.680. The first kappa shape index (κ1) is 15.1. The number of carbonyl (C=O) groups is 1. The maximum atomic E-state index is 12.8. The van der Waals surface area contributed by atoms with Gasteiger partial charge in [-0.15, -0.1) is 0 Å². The number of hydrogen-bond acceptors (Lipinski definition) is 3. The summed E-state index contributed by atoms with van der Waals surface area (Å²) in [4.78, 5) is 17.3. The number of nitrogens with zero attached hydrogens (tertiary/aromatic N) is 1. The van der Waals surface area contributed by atoms with Crippen molar-refractivity contribution in [1.29, 1.82) is 0 Å². The van der Waals surface area contributed by atoms with Crippen LogP contribution in [0, 0.1) is 0 Å². The van der Waals surface area contributed by atoms with Crippen LogP contribution in [-0.2, 0) is 0 Å². The monoisotopic (exact) mass is 332 g/mol. The highest BCUT2D eigenvalue weighted by atomic mass is 35.5. The molecule has 0 spiro atoms. The predicted molar refractivity (Wildman–Crippen MR) is 90.4 cm³/mol. The third-order valence-corrected chi connectivity index (χ3v) is 4.24. The SMILES string of the molecule is O=C(c1ccc(Cl)c(Cl)c1)c1ccccc1C1=NCCCN1. The van der Waals surface area contributed by atoms with Crippen LogP contribution in [0.25, 0.3) is 0 Å². The molecule has 0 bridgehead atoms. The fourth-order valence-corrected chi connectivity index (χ4v) is 2.69. The van der Waals surface area contributed by atoms with Crippen molar-refractivity contribution < 1.29 is 4.79 Å². The average molecular weight is 333 g/mol. The van der Waals surface area contributed by atoms with E-state index < -0.39 is 0 Å². The Bertz CT molecular complexity index is 756. The van der Waals surface area contributed by atoms with Gasteiger partial charge in [-0.25, -0.2) is 0 Å². The Morgan fingerprint density at radius 2 is 1.91 bits per heavy atom. The van der Waals surface area contributed by atoms with E-state index in [-0.39, 0.29) is 5.78 Å². The van der Waals surface area contributed by atoms with E-state index in [1.165, 1.54) is 0 Å². The minimum absolute atomic E-state index is 0.0933. The first-order valence-electron chi connectivity index (χ1n) is 7.04. The van der Waals surface area contributed by atoms with Gasteiger partial charge in [0.15, 0.2) is 5.78 Å². The summed E-state index contributed by atoms with van der Waals surface area (Å²) in [6, 6.07) is 12.4. The van der Waals surface area contributed by atoms with Crippen molar-refractivity contribution in [3.05, 3.63) is 69.2 Å². The summed E-state index contributed by atoms with van der Waals surface area (Å²) in [6.07, 6.45) is 1.01. The average Bonchev–Trinajstić information content (AvgIpc) is 2.57. The summed E-state index contributed by atoms with van der Waals surface area (Å²) in [6.45, 7) is 1.64. The Balaban J connectivity index is 2.02. The van der Waals surface area contributed by atoms with Crippen LogP contribution in [0.15, 0.2) is 47.5 Å². The number of carbonyl (C=O) groups excluding carboxylic acids is 1. The van der Waals surface area contributed by atoms with E-state index in [1.807, 2.05) is 18.2 Å². The van der Waals surface area contributed by atoms with Gasteiger partial charge in [0, 0.05) is 29.8 Å². The largest absolute Gasteiger partial charge is 0.370 e. The molecule has 112 valence electrons. The second-order valence-corrected chi connectivity index (χ2v) is 5.83. The van der Waals surface area contributed by atoms with E-state index >= 15 is 0 Å². The van der Waals surface area contributed by atoms with Crippen molar-refractivity contribution in [3.8, 4) is 0 Å². The highest BCUT2D eigenvalue weighted by Crippen LogP contribution is 2.25. The molecule has 0 atom stereocenters. The summed E-state index contributed by atoms with van der Waals surface area (Å²) >= 11 is 11.9. The summed E-state index contributed by atoms with van der Waals surface area (Å²) in [5, 5.41) is 4.06. The van der Waals surface area contributed by atoms with Gasteiger partial charge in [0.25, 0.3) is 0 Å². The van der Waals surface area contributed by atoms with Crippen LogP contribution in [0.4, 0.5) is 0 Å². The third kappa shape index (κ3) is 3.01. The van der Waals surface area contributed by atoms with Crippen molar-refractivity contribution in [1.82, 2.24) is 5.32 Å². The quantitative estimate of drug-likeness (QED) is 0.864. The number of rotatable bonds is 3. The molecule has 0 fully saturated rings. The number of halogens is 2. The highest BCUT2D eigenvalue weighted by Gasteiger charge is 2.18. The highest BCUT2D eigenvalue weighted by molar-refractivity contribution is 6.42. The Morgan fingerprint density at radius 3 is 2.64 bits per heavy atom. The first-order valence-corrected chi connectivity index (χ1v) is 7.80.